The number of hydrogen-bond donors (Lipinski definition) is 3. The molecule has 124 valence electrons. The van der Waals surface area contributed by atoms with Gasteiger partial charge in [0.2, 0.25) is 5.91 Å². The van der Waals surface area contributed by atoms with Gasteiger partial charge < -0.3 is 10.7 Å². The molecular formula is C19H16N4O2. The maximum atomic E-state index is 12.6. The van der Waals surface area contributed by atoms with E-state index in [0.717, 1.165) is 16.3 Å². The minimum atomic E-state index is -1.28. The molecule has 1 atom stereocenters. The minimum Gasteiger partial charge on any atom is -0.367 e. The zero-order valence-corrected chi connectivity index (χ0v) is 13.3. The third-order valence-electron chi connectivity index (χ3n) is 4.59. The van der Waals surface area contributed by atoms with Gasteiger partial charge in [0.15, 0.2) is 5.54 Å². The number of pyridine rings is 1. The molecule has 3 aromatic rings. The van der Waals surface area contributed by atoms with E-state index in [9.17, 15) is 9.59 Å². The van der Waals surface area contributed by atoms with Crippen LogP contribution < -0.4 is 16.7 Å². The number of carbonyl (C=O) groups is 1. The Morgan fingerprint density at radius 1 is 1.08 bits per heavy atom. The molecular weight excluding hydrogens is 316 g/mol. The first kappa shape index (κ1) is 15.1. The van der Waals surface area contributed by atoms with Gasteiger partial charge in [0.1, 0.15) is 0 Å². The summed E-state index contributed by atoms with van der Waals surface area (Å²) in [7, 11) is 0. The maximum absolute atomic E-state index is 12.6. The molecule has 25 heavy (non-hydrogen) atoms. The van der Waals surface area contributed by atoms with Crippen molar-refractivity contribution in [2.24, 2.45) is 10.8 Å². The molecule has 6 nitrogen and oxygen atoms in total. The Morgan fingerprint density at radius 3 is 2.56 bits per heavy atom. The molecule has 1 aromatic heterocycles. The lowest BCUT2D eigenvalue weighted by Crippen LogP contribution is -2.51. The zero-order chi connectivity index (χ0) is 17.4. The first-order valence-electron chi connectivity index (χ1n) is 7.92. The number of rotatable bonds is 3. The van der Waals surface area contributed by atoms with Crippen LogP contribution in [0.25, 0.3) is 22.0 Å². The van der Waals surface area contributed by atoms with Gasteiger partial charge in [-0.1, -0.05) is 36.4 Å². The average molecular weight is 332 g/mol. The Hall–Kier alpha value is -3.41. The monoisotopic (exact) mass is 332 g/mol. The Labute approximate surface area is 143 Å². The number of nitrogens with two attached hydrogens (primary N) is 1. The van der Waals surface area contributed by atoms with Crippen molar-refractivity contribution in [2.45, 2.75) is 12.0 Å². The van der Waals surface area contributed by atoms with Crippen molar-refractivity contribution in [3.05, 3.63) is 70.5 Å². The van der Waals surface area contributed by atoms with Crippen LogP contribution in [0.3, 0.4) is 0 Å². The van der Waals surface area contributed by atoms with Crippen molar-refractivity contribution in [2.75, 3.05) is 0 Å². The third kappa shape index (κ3) is 2.39. The molecule has 0 spiro atoms. The fourth-order valence-electron chi connectivity index (χ4n) is 3.18. The van der Waals surface area contributed by atoms with Crippen molar-refractivity contribution in [3.63, 3.8) is 0 Å². The van der Waals surface area contributed by atoms with Crippen LogP contribution >= 0.6 is 0 Å². The number of fused-ring (bicyclic) bond motifs is 1. The molecule has 0 saturated carbocycles. The molecule has 0 bridgehead atoms. The molecule has 1 amide bonds. The lowest BCUT2D eigenvalue weighted by molar-refractivity contribution is -0.124. The number of amides is 1. The number of primary amides is 1. The first-order chi connectivity index (χ1) is 12.1. The predicted molar refractivity (Wildman–Crippen MR) is 97.1 cm³/mol. The van der Waals surface area contributed by atoms with Gasteiger partial charge >= 0.3 is 0 Å². The highest BCUT2D eigenvalue weighted by Crippen LogP contribution is 2.27. The molecule has 0 radical (unpaired) electrons. The summed E-state index contributed by atoms with van der Waals surface area (Å²) in [6, 6.07) is 17.4. The lowest BCUT2D eigenvalue weighted by Gasteiger charge is -2.24. The maximum Gasteiger partial charge on any atom is 0.254 e. The number of carbonyl (C=O) groups excluding carboxylic acids is 1. The van der Waals surface area contributed by atoms with Crippen LogP contribution in [-0.4, -0.2) is 17.1 Å². The quantitative estimate of drug-likeness (QED) is 0.682. The molecule has 2 heterocycles. The summed E-state index contributed by atoms with van der Waals surface area (Å²) in [5.74, 6) is -0.631. The zero-order valence-electron chi connectivity index (χ0n) is 13.3. The van der Waals surface area contributed by atoms with Crippen molar-refractivity contribution >= 4 is 22.9 Å². The summed E-state index contributed by atoms with van der Waals surface area (Å²) in [5.41, 5.74) is 8.39. The first-order valence-corrected chi connectivity index (χ1v) is 7.92. The highest BCUT2D eigenvalue weighted by Gasteiger charge is 2.42. The van der Waals surface area contributed by atoms with Gasteiger partial charge in [-0.25, -0.2) is 0 Å². The number of benzene rings is 2. The second kappa shape index (κ2) is 5.59. The van der Waals surface area contributed by atoms with Gasteiger partial charge in [-0.05, 0) is 34.5 Å². The topological polar surface area (TPSA) is 100 Å². The highest BCUT2D eigenvalue weighted by atomic mass is 16.2. The van der Waals surface area contributed by atoms with Crippen LogP contribution in [-0.2, 0) is 10.3 Å². The number of aromatic amines is 1. The second-order valence-corrected chi connectivity index (χ2v) is 6.07. The van der Waals surface area contributed by atoms with Crippen molar-refractivity contribution in [1.29, 1.82) is 0 Å². The molecule has 1 aliphatic rings. The molecule has 4 N–H and O–H groups in total. The van der Waals surface area contributed by atoms with Crippen LogP contribution in [0.2, 0.25) is 0 Å². The Bertz CT molecular complexity index is 1060. The summed E-state index contributed by atoms with van der Waals surface area (Å²) >= 11 is 0. The highest BCUT2D eigenvalue weighted by molar-refractivity contribution is 5.91. The van der Waals surface area contributed by atoms with Crippen LogP contribution in [0.5, 0.6) is 0 Å². The summed E-state index contributed by atoms with van der Waals surface area (Å²) < 4.78 is 0. The van der Waals surface area contributed by atoms with Crippen LogP contribution in [0.1, 0.15) is 12.0 Å². The van der Waals surface area contributed by atoms with E-state index in [1.54, 1.807) is 18.3 Å². The summed E-state index contributed by atoms with van der Waals surface area (Å²) in [6.45, 7) is 0. The summed E-state index contributed by atoms with van der Waals surface area (Å²) in [5, 5.41) is 6.08. The van der Waals surface area contributed by atoms with Crippen LogP contribution in [0, 0.1) is 0 Å². The van der Waals surface area contributed by atoms with Crippen molar-refractivity contribution in [3.8, 4) is 11.3 Å². The van der Waals surface area contributed by atoms with Crippen molar-refractivity contribution < 1.29 is 4.79 Å². The molecule has 1 unspecified atom stereocenters. The largest absolute Gasteiger partial charge is 0.367 e. The number of aromatic nitrogens is 1. The van der Waals surface area contributed by atoms with E-state index in [1.165, 1.54) is 0 Å². The number of hydrogen-bond acceptors (Lipinski definition) is 4. The van der Waals surface area contributed by atoms with Gasteiger partial charge in [-0.3, -0.25) is 15.0 Å². The fraction of sp³-hybridized carbons (Fsp3) is 0.105. The molecule has 2 aromatic carbocycles. The Balaban J connectivity index is 1.79. The molecule has 0 fully saturated rings. The van der Waals surface area contributed by atoms with E-state index < -0.39 is 11.4 Å². The number of nitrogens with zero attached hydrogens (tertiary/aromatic N) is 1. The normalized spacial score (nSPS) is 19.0. The van der Waals surface area contributed by atoms with Crippen molar-refractivity contribution in [1.82, 2.24) is 10.4 Å². The van der Waals surface area contributed by atoms with Crippen LogP contribution in [0.4, 0.5) is 0 Å². The number of nitrogens with one attached hydrogen (secondary N) is 2. The summed E-state index contributed by atoms with van der Waals surface area (Å²) in [4.78, 5) is 27.4. The molecule has 4 rings (SSSR count). The van der Waals surface area contributed by atoms with Gasteiger partial charge in [-0.2, -0.15) is 5.10 Å². The van der Waals surface area contributed by atoms with E-state index in [1.807, 2.05) is 42.5 Å². The van der Waals surface area contributed by atoms with E-state index in [-0.39, 0.29) is 17.5 Å². The third-order valence-corrected chi connectivity index (χ3v) is 4.59. The minimum absolute atomic E-state index is 0.251. The Morgan fingerprint density at radius 2 is 1.88 bits per heavy atom. The van der Waals surface area contributed by atoms with Crippen LogP contribution in [0.15, 0.2) is 64.5 Å². The SMILES string of the molecule is NC(=O)C1(c2ccc(-c3ccc4ccccc4c3)[nH]c2=O)CC=NN1. The standard InChI is InChI=1S/C19H16N4O2/c20-18(25)19(9-10-21-23-19)15-7-8-16(22-17(15)24)14-6-5-12-3-1-2-4-13(12)11-14/h1-8,10-11,23H,9H2,(H2,20,25)(H,22,24). The molecule has 0 aliphatic carbocycles. The second-order valence-electron chi connectivity index (χ2n) is 6.07. The van der Waals surface area contributed by atoms with Gasteiger partial charge in [0.25, 0.3) is 5.56 Å². The molecule has 6 heteroatoms. The molecule has 0 saturated heterocycles. The summed E-state index contributed by atoms with van der Waals surface area (Å²) in [6.07, 6.45) is 1.79. The lowest BCUT2D eigenvalue weighted by atomic mass is 9.88. The van der Waals surface area contributed by atoms with E-state index in [4.69, 9.17) is 5.73 Å². The average Bonchev–Trinajstić information content (AvgIpc) is 3.12. The number of H-pyrrole nitrogens is 1. The van der Waals surface area contributed by atoms with E-state index in [0.29, 0.717) is 5.69 Å². The van der Waals surface area contributed by atoms with Gasteiger partial charge in [0.05, 0.1) is 5.56 Å². The van der Waals surface area contributed by atoms with Gasteiger partial charge in [-0.15, -0.1) is 0 Å². The van der Waals surface area contributed by atoms with Gasteiger partial charge in [0, 0.05) is 18.3 Å². The predicted octanol–water partition coefficient (Wildman–Crippen LogP) is 1.85. The molecule has 1 aliphatic heterocycles. The fourth-order valence-corrected chi connectivity index (χ4v) is 3.18. The number of hydrazone groups is 1. The Kier molecular flexibility index (Phi) is 3.39. The van der Waals surface area contributed by atoms with E-state index in [2.05, 4.69) is 15.5 Å². The smallest absolute Gasteiger partial charge is 0.254 e. The van der Waals surface area contributed by atoms with E-state index >= 15 is 0 Å².